The maximum Gasteiger partial charge on any atom is 0.0850 e. The van der Waals surface area contributed by atoms with Gasteiger partial charge in [-0.05, 0) is 6.42 Å². The van der Waals surface area contributed by atoms with Crippen LogP contribution in [0.1, 0.15) is 25.7 Å². The van der Waals surface area contributed by atoms with Crippen LogP contribution >= 0.6 is 0 Å². The van der Waals surface area contributed by atoms with Crippen molar-refractivity contribution < 1.29 is 0 Å². The van der Waals surface area contributed by atoms with E-state index in [9.17, 15) is 0 Å². The zero-order valence-electron chi connectivity index (χ0n) is 4.74. The van der Waals surface area contributed by atoms with E-state index >= 15 is 0 Å². The van der Waals surface area contributed by atoms with Gasteiger partial charge < -0.3 is 5.73 Å². The molecule has 0 aromatic carbocycles. The number of nitrogens with one attached hydrogen (secondary N) is 1. The highest BCUT2D eigenvalue weighted by molar-refractivity contribution is 4.51. The minimum atomic E-state index is 0.583. The normalized spacial score (nSPS) is 9.29. The Bertz CT molecular complexity index is 23.4. The molecule has 42 valence electrons. The molecule has 0 aromatic heterocycles. The van der Waals surface area contributed by atoms with Crippen LogP contribution in [-0.4, -0.2) is 6.54 Å². The third-order valence-corrected chi connectivity index (χ3v) is 0.927. The Hall–Kier alpha value is -0.170. The van der Waals surface area contributed by atoms with Crippen LogP contribution in [0, 0.1) is 6.92 Å². The number of unbranched alkanes of at least 4 members (excludes halogenated alkanes) is 3. The second kappa shape index (κ2) is 5.83. The highest BCUT2D eigenvalue weighted by Crippen LogP contribution is 1.96. The van der Waals surface area contributed by atoms with Gasteiger partial charge in [-0.3, -0.25) is 0 Å². The standard InChI is InChI=1S/C6H13N/c1-2-3-4-5-6-7/h7H,1-6H2. The zero-order chi connectivity index (χ0) is 5.54. The van der Waals surface area contributed by atoms with E-state index in [2.05, 4.69) is 6.92 Å². The van der Waals surface area contributed by atoms with Gasteiger partial charge in [-0.15, -0.1) is 0 Å². The van der Waals surface area contributed by atoms with Crippen molar-refractivity contribution >= 4 is 0 Å². The Morgan fingerprint density at radius 3 is 2.29 bits per heavy atom. The Labute approximate surface area is 45.9 Å². The molecule has 1 N–H and O–H groups in total. The molecule has 7 heavy (non-hydrogen) atoms. The van der Waals surface area contributed by atoms with E-state index in [1.54, 1.807) is 0 Å². The van der Waals surface area contributed by atoms with E-state index in [0.717, 1.165) is 12.8 Å². The van der Waals surface area contributed by atoms with E-state index in [-0.39, 0.29) is 0 Å². The van der Waals surface area contributed by atoms with Gasteiger partial charge in [-0.2, -0.15) is 6.54 Å². The summed E-state index contributed by atoms with van der Waals surface area (Å²) in [5.74, 6) is 0. The average Bonchev–Trinajstić information content (AvgIpc) is 1.69. The predicted molar refractivity (Wildman–Crippen MR) is 33.0 cm³/mol. The first-order valence-electron chi connectivity index (χ1n) is 2.85. The summed E-state index contributed by atoms with van der Waals surface area (Å²) in [6, 6.07) is 0. The van der Waals surface area contributed by atoms with Crippen molar-refractivity contribution in [1.29, 1.82) is 0 Å². The number of rotatable bonds is 4. The van der Waals surface area contributed by atoms with E-state index < -0.39 is 0 Å². The van der Waals surface area contributed by atoms with Gasteiger partial charge in [0.25, 0.3) is 0 Å². The third-order valence-electron chi connectivity index (χ3n) is 0.927. The molecule has 0 aliphatic heterocycles. The molecule has 0 radical (unpaired) electrons. The minimum Gasteiger partial charge on any atom is -0.677 e. The summed E-state index contributed by atoms with van der Waals surface area (Å²) in [6.45, 7) is 4.28. The first-order valence-corrected chi connectivity index (χ1v) is 2.85. The van der Waals surface area contributed by atoms with Crippen molar-refractivity contribution in [3.8, 4) is 0 Å². The van der Waals surface area contributed by atoms with Crippen LogP contribution in [0.2, 0.25) is 0 Å². The largest absolute Gasteiger partial charge is 0.677 e. The van der Waals surface area contributed by atoms with Gasteiger partial charge in [0.2, 0.25) is 0 Å². The van der Waals surface area contributed by atoms with Crippen molar-refractivity contribution in [2.75, 3.05) is 6.54 Å². The summed E-state index contributed by atoms with van der Waals surface area (Å²) in [7, 11) is 0. The molecule has 0 saturated heterocycles. The first-order chi connectivity index (χ1) is 3.41. The summed E-state index contributed by atoms with van der Waals surface area (Å²) in [5.41, 5.74) is 6.76. The second-order valence-corrected chi connectivity index (χ2v) is 1.66. The van der Waals surface area contributed by atoms with E-state index in [4.69, 9.17) is 5.73 Å². The molecule has 0 spiro atoms. The van der Waals surface area contributed by atoms with Gasteiger partial charge in [0, 0.05) is 0 Å². The van der Waals surface area contributed by atoms with Crippen molar-refractivity contribution in [2.24, 2.45) is 0 Å². The zero-order valence-corrected chi connectivity index (χ0v) is 4.74. The van der Waals surface area contributed by atoms with Crippen LogP contribution in [0.3, 0.4) is 0 Å². The van der Waals surface area contributed by atoms with Gasteiger partial charge in [0.05, 0.1) is 13.3 Å². The van der Waals surface area contributed by atoms with Crippen molar-refractivity contribution in [1.82, 2.24) is 0 Å². The van der Waals surface area contributed by atoms with Gasteiger partial charge in [0.1, 0.15) is 0 Å². The first kappa shape index (κ1) is 6.83. The van der Waals surface area contributed by atoms with E-state index in [0.29, 0.717) is 6.54 Å². The van der Waals surface area contributed by atoms with Crippen molar-refractivity contribution in [3.05, 3.63) is 12.7 Å². The summed E-state index contributed by atoms with van der Waals surface area (Å²) >= 11 is 0. The van der Waals surface area contributed by atoms with Crippen LogP contribution in [0.15, 0.2) is 0 Å². The lowest BCUT2D eigenvalue weighted by Gasteiger charge is -1.95. The summed E-state index contributed by atoms with van der Waals surface area (Å²) < 4.78 is 0. The monoisotopic (exact) mass is 99.1 g/mol. The van der Waals surface area contributed by atoms with Crippen LogP contribution < -0.4 is 0 Å². The smallest absolute Gasteiger partial charge is 0.0850 e. The Morgan fingerprint density at radius 2 is 1.86 bits per heavy atom. The van der Waals surface area contributed by atoms with Gasteiger partial charge in [0.15, 0.2) is 0 Å². The maximum atomic E-state index is 6.76. The lowest BCUT2D eigenvalue weighted by molar-refractivity contribution is 0.719. The molecule has 0 atom stereocenters. The van der Waals surface area contributed by atoms with Crippen LogP contribution in [-0.2, 0) is 0 Å². The summed E-state index contributed by atoms with van der Waals surface area (Å²) in [5, 5.41) is 0. The molecule has 0 unspecified atom stereocenters. The molecule has 0 heterocycles. The molecule has 0 saturated carbocycles. The molecule has 0 fully saturated rings. The molecule has 1 heteroatoms. The highest BCUT2D eigenvalue weighted by Gasteiger charge is 1.81. The summed E-state index contributed by atoms with van der Waals surface area (Å²) in [6.07, 6.45) is 4.46. The SMILES string of the molecule is [CH2+]CCCCC[NH-]. The molecular formula is C6H13N. The number of hydrogen-bond donors (Lipinski definition) is 0. The molecular weight excluding hydrogens is 86.1 g/mol. The molecule has 0 rings (SSSR count). The van der Waals surface area contributed by atoms with Crippen LogP contribution in [0.25, 0.3) is 5.73 Å². The fraction of sp³-hybridized carbons (Fsp3) is 0.833. The molecule has 1 nitrogen and oxygen atoms in total. The van der Waals surface area contributed by atoms with E-state index in [1.807, 2.05) is 0 Å². The quantitative estimate of drug-likeness (QED) is 0.382. The average molecular weight is 99.2 g/mol. The molecule has 0 bridgehead atoms. The maximum absolute atomic E-state index is 6.76. The topological polar surface area (TPSA) is 23.8 Å². The van der Waals surface area contributed by atoms with Crippen molar-refractivity contribution in [3.63, 3.8) is 0 Å². The predicted octanol–water partition coefficient (Wildman–Crippen LogP) is 2.43. The number of hydrogen-bond acceptors (Lipinski definition) is 0. The molecule has 0 amide bonds. The molecule has 0 aliphatic carbocycles. The fourth-order valence-corrected chi connectivity index (χ4v) is 0.479. The minimum absolute atomic E-state index is 0.583. The van der Waals surface area contributed by atoms with Crippen LogP contribution in [0.5, 0.6) is 0 Å². The fourth-order valence-electron chi connectivity index (χ4n) is 0.479. The summed E-state index contributed by atoms with van der Waals surface area (Å²) in [4.78, 5) is 0. The Balaban J connectivity index is 2.45. The highest BCUT2D eigenvalue weighted by atomic mass is 14.5. The third kappa shape index (κ3) is 5.83. The van der Waals surface area contributed by atoms with Crippen LogP contribution in [0.4, 0.5) is 0 Å². The molecule has 0 aliphatic rings. The Kier molecular flexibility index (Phi) is 5.69. The second-order valence-electron chi connectivity index (χ2n) is 1.66. The van der Waals surface area contributed by atoms with Crippen molar-refractivity contribution in [2.45, 2.75) is 25.7 Å². The van der Waals surface area contributed by atoms with E-state index in [1.165, 1.54) is 12.8 Å². The molecule has 0 aromatic rings. The van der Waals surface area contributed by atoms with Gasteiger partial charge >= 0.3 is 0 Å². The van der Waals surface area contributed by atoms with Gasteiger partial charge in [-0.1, -0.05) is 12.8 Å². The lowest BCUT2D eigenvalue weighted by Crippen LogP contribution is -1.76. The van der Waals surface area contributed by atoms with Gasteiger partial charge in [-0.25, -0.2) is 0 Å². The Morgan fingerprint density at radius 1 is 1.14 bits per heavy atom. The lowest BCUT2D eigenvalue weighted by atomic mass is 10.2.